The zero-order valence-electron chi connectivity index (χ0n) is 45.5. The second-order valence-corrected chi connectivity index (χ2v) is 19.4. The minimum Gasteiger partial charge on any atom is -0.494 e. The third-order valence-electron chi connectivity index (χ3n) is 13.5. The molecule has 2 fully saturated rings. The van der Waals surface area contributed by atoms with E-state index in [0.29, 0.717) is 74.4 Å². The van der Waals surface area contributed by atoms with Crippen LogP contribution < -0.4 is 41.9 Å². The third-order valence-corrected chi connectivity index (χ3v) is 13.5. The molecule has 0 radical (unpaired) electrons. The van der Waals surface area contributed by atoms with E-state index in [2.05, 4.69) is 30.4 Å². The number of carbonyl (C=O) groups is 2. The van der Waals surface area contributed by atoms with Crippen LogP contribution in [0.25, 0.3) is 0 Å². The summed E-state index contributed by atoms with van der Waals surface area (Å²) in [6, 6.07) is 29.1. The lowest BCUT2D eigenvalue weighted by Gasteiger charge is -2.32. The summed E-state index contributed by atoms with van der Waals surface area (Å²) in [5.41, 5.74) is 25.6. The van der Waals surface area contributed by atoms with Crippen LogP contribution in [-0.2, 0) is 19.3 Å². The van der Waals surface area contributed by atoms with Gasteiger partial charge in [-0.05, 0) is 212 Å². The Labute approximate surface area is 459 Å². The van der Waals surface area contributed by atoms with E-state index in [1.54, 1.807) is 36.4 Å². The van der Waals surface area contributed by atoms with Crippen LogP contribution in [0.15, 0.2) is 118 Å². The summed E-state index contributed by atoms with van der Waals surface area (Å²) < 4.78 is 23.4. The largest absolute Gasteiger partial charge is 0.494 e. The Balaban J connectivity index is 0.000000297. The number of amidine groups is 4. The van der Waals surface area contributed by atoms with E-state index >= 15 is 0 Å². The summed E-state index contributed by atoms with van der Waals surface area (Å²) in [6.45, 7) is 13.0. The summed E-state index contributed by atoms with van der Waals surface area (Å²) in [5.74, 6) is 4.33. The van der Waals surface area contributed by atoms with Gasteiger partial charge in [0.05, 0.1) is 26.4 Å². The maximum Gasteiger partial charge on any atom is 0.335 e. The van der Waals surface area contributed by atoms with Crippen LogP contribution in [0.1, 0.15) is 126 Å². The van der Waals surface area contributed by atoms with Gasteiger partial charge in [0, 0.05) is 48.2 Å². The average Bonchev–Trinajstić information content (AvgIpc) is 3.47. The maximum absolute atomic E-state index is 11.4. The van der Waals surface area contributed by atoms with Crippen molar-refractivity contribution in [2.75, 3.05) is 65.7 Å². The Hall–Kier alpha value is -7.58. The Bertz CT molecular complexity index is 2300. The number of likely N-dealkylation sites (tertiary alicyclic amines) is 2. The number of hydrogen-bond acceptors (Lipinski definition) is 16. The molecule has 78 heavy (non-hydrogen) atoms. The summed E-state index contributed by atoms with van der Waals surface area (Å²) in [7, 11) is 0. The minimum absolute atomic E-state index is 0.0916. The molecule has 424 valence electrons. The van der Waals surface area contributed by atoms with Gasteiger partial charge in [-0.25, -0.2) is 9.59 Å². The first-order chi connectivity index (χ1) is 38.0. The molecule has 4 aromatic rings. The first kappa shape index (κ1) is 61.3. The van der Waals surface area contributed by atoms with Crippen molar-refractivity contribution >= 4 is 35.3 Å². The van der Waals surface area contributed by atoms with Gasteiger partial charge in [-0.1, -0.05) is 34.5 Å². The molecule has 2 saturated heterocycles. The van der Waals surface area contributed by atoms with Gasteiger partial charge in [0.25, 0.3) is 0 Å². The lowest BCUT2D eigenvalue weighted by Crippen LogP contribution is -2.35. The predicted octanol–water partition coefficient (Wildman–Crippen LogP) is 8.17. The van der Waals surface area contributed by atoms with Gasteiger partial charge >= 0.3 is 11.9 Å². The molecule has 0 amide bonds. The van der Waals surface area contributed by atoms with Crippen LogP contribution in [-0.4, -0.2) is 121 Å². The van der Waals surface area contributed by atoms with Crippen molar-refractivity contribution in [2.45, 2.75) is 104 Å². The highest BCUT2D eigenvalue weighted by atomic mass is 16.7. The molecule has 0 saturated carbocycles. The molecule has 20 nitrogen and oxygen atoms in total. The molecular weight excluding hydrogens is 997 g/mol. The monoisotopic (exact) mass is 1080 g/mol. The normalized spacial score (nSPS) is 15.2. The van der Waals surface area contributed by atoms with Crippen LogP contribution in [0.3, 0.4) is 0 Å². The van der Waals surface area contributed by atoms with Crippen molar-refractivity contribution in [3.8, 4) is 23.0 Å². The molecule has 2 heterocycles. The van der Waals surface area contributed by atoms with Crippen LogP contribution in [0.2, 0.25) is 0 Å². The van der Waals surface area contributed by atoms with E-state index in [4.69, 9.17) is 62.0 Å². The summed E-state index contributed by atoms with van der Waals surface area (Å²) in [4.78, 5) is 37.5. The number of ether oxygens (including phenoxy) is 4. The van der Waals surface area contributed by atoms with Gasteiger partial charge in [0.15, 0.2) is 23.3 Å². The highest BCUT2D eigenvalue weighted by Gasteiger charge is 2.20. The molecule has 20 heteroatoms. The second kappa shape index (κ2) is 35.0. The summed E-state index contributed by atoms with van der Waals surface area (Å²) >= 11 is 0. The van der Waals surface area contributed by atoms with Crippen LogP contribution >= 0.6 is 0 Å². The number of carbonyl (C=O) groups excluding carboxylic acids is 2. The Morgan fingerprint density at radius 3 is 1.03 bits per heavy atom. The van der Waals surface area contributed by atoms with E-state index in [1.807, 2.05) is 74.5 Å². The summed E-state index contributed by atoms with van der Waals surface area (Å²) in [6.07, 6.45) is 13.2. The molecule has 0 spiro atoms. The number of benzene rings is 4. The zero-order valence-corrected chi connectivity index (χ0v) is 45.5. The van der Waals surface area contributed by atoms with Gasteiger partial charge in [0.1, 0.15) is 23.0 Å². The van der Waals surface area contributed by atoms with Crippen LogP contribution in [0.4, 0.5) is 0 Å². The third kappa shape index (κ3) is 22.9. The highest BCUT2D eigenvalue weighted by molar-refractivity contribution is 5.98. The van der Waals surface area contributed by atoms with E-state index in [1.165, 1.54) is 32.1 Å². The summed E-state index contributed by atoms with van der Waals surface area (Å²) in [5, 5.41) is 30.8. The van der Waals surface area contributed by atoms with E-state index < -0.39 is 11.9 Å². The lowest BCUT2D eigenvalue weighted by atomic mass is 9.92. The SMILES string of the molecule is CCCC(=O)O/N=C(\N)c1ccc(OCCCC2CCN(CCCOc3ccc(/C(N)=N/OC(=O)CCC)cc3)CC2)cc1.N/C(=N\O)c1ccc(OCCCC2CCN(CCCOc3ccc(/C(N)=N\O)cc3)CC2)cc1. The Kier molecular flexibility index (Phi) is 27.5. The predicted molar refractivity (Wildman–Crippen MR) is 302 cm³/mol. The van der Waals surface area contributed by atoms with Crippen molar-refractivity contribution in [1.82, 2.24) is 9.80 Å². The first-order valence-corrected chi connectivity index (χ1v) is 27.4. The number of rotatable bonds is 30. The van der Waals surface area contributed by atoms with Gasteiger partial charge < -0.3 is 71.8 Å². The second-order valence-electron chi connectivity index (χ2n) is 19.4. The quantitative estimate of drug-likeness (QED) is 0.00717. The molecule has 0 atom stereocenters. The zero-order chi connectivity index (χ0) is 55.7. The number of nitrogens with zero attached hydrogens (tertiary/aromatic N) is 6. The molecule has 2 aliphatic heterocycles. The van der Waals surface area contributed by atoms with E-state index in [-0.39, 0.29) is 23.3 Å². The fraction of sp³-hybridized carbons (Fsp3) is 0.483. The van der Waals surface area contributed by atoms with Gasteiger partial charge in [-0.2, -0.15) is 0 Å². The molecule has 10 N–H and O–H groups in total. The average molecular weight is 1080 g/mol. The van der Waals surface area contributed by atoms with Gasteiger partial charge in [-0.15, -0.1) is 0 Å². The first-order valence-electron chi connectivity index (χ1n) is 27.4. The number of oxime groups is 4. The van der Waals surface area contributed by atoms with Gasteiger partial charge in [-0.3, -0.25) is 0 Å². The van der Waals surface area contributed by atoms with E-state index in [0.717, 1.165) is 106 Å². The Morgan fingerprint density at radius 1 is 0.462 bits per heavy atom. The van der Waals surface area contributed by atoms with E-state index in [9.17, 15) is 9.59 Å². The number of nitrogens with two attached hydrogens (primary N) is 4. The number of piperidine rings is 2. The molecule has 2 aliphatic rings. The lowest BCUT2D eigenvalue weighted by molar-refractivity contribution is -0.144. The fourth-order valence-corrected chi connectivity index (χ4v) is 8.89. The van der Waals surface area contributed by atoms with Crippen molar-refractivity contribution in [1.29, 1.82) is 0 Å². The molecule has 0 aromatic heterocycles. The highest BCUT2D eigenvalue weighted by Crippen LogP contribution is 2.25. The van der Waals surface area contributed by atoms with Crippen molar-refractivity contribution < 1.29 is 48.6 Å². The fourth-order valence-electron chi connectivity index (χ4n) is 8.89. The maximum atomic E-state index is 11.4. The molecule has 0 unspecified atom stereocenters. The molecule has 6 rings (SSSR count). The van der Waals surface area contributed by atoms with Crippen molar-refractivity contribution in [3.05, 3.63) is 119 Å². The molecular formula is C58H82N10O10. The van der Waals surface area contributed by atoms with Crippen molar-refractivity contribution in [3.63, 3.8) is 0 Å². The molecule has 0 aliphatic carbocycles. The Morgan fingerprint density at radius 2 is 0.744 bits per heavy atom. The minimum atomic E-state index is -0.395. The smallest absolute Gasteiger partial charge is 0.335 e. The topological polar surface area (TPSA) is 290 Å². The number of hydrogen-bond donors (Lipinski definition) is 6. The molecule has 4 aromatic carbocycles. The van der Waals surface area contributed by atoms with Crippen LogP contribution in [0.5, 0.6) is 23.0 Å². The van der Waals surface area contributed by atoms with Crippen molar-refractivity contribution in [2.24, 2.45) is 55.4 Å². The van der Waals surface area contributed by atoms with Gasteiger partial charge in [0.2, 0.25) is 0 Å². The van der Waals surface area contributed by atoms with Crippen LogP contribution in [0, 0.1) is 11.8 Å². The standard InChI is InChI=1S/C33H47N5O6.C25H35N5O4/c1-3-7-30(39)43-36-32(34)26-10-14-28(15-11-26)41-23-5-9-25-18-21-38(22-19-25)20-6-24-42-29-16-12-27(13-17-29)33(35)37-44-31(40)8-4-2;26-24(28-31)20-4-8-22(9-5-20)33-17-1-3-19-12-15-30(16-13-19)14-2-18-34-23-10-6-21(7-11-23)25(27)29-32/h10-17,25H,3-9,18-24H2,1-2H3,(H2,34,36)(H2,35,37);4-11,19,31-32H,1-3,12-18H2,(H2,26,28)(H2,27,29). The molecule has 0 bridgehead atoms.